The monoisotopic (exact) mass is 340 g/mol. The second-order valence-corrected chi connectivity index (χ2v) is 4.89. The van der Waals surface area contributed by atoms with Crippen LogP contribution in [0.2, 0.25) is 0 Å². The molecule has 2 aromatic rings. The zero-order valence-corrected chi connectivity index (χ0v) is 14.0. The summed E-state index contributed by atoms with van der Waals surface area (Å²) in [6, 6.07) is 11.7. The summed E-state index contributed by atoms with van der Waals surface area (Å²) in [6.07, 6.45) is 1.53. The van der Waals surface area contributed by atoms with E-state index in [1.807, 2.05) is 6.07 Å². The number of allylic oxidation sites excluding steroid dienone is 1. The van der Waals surface area contributed by atoms with Crippen LogP contribution < -0.4 is 14.2 Å². The van der Waals surface area contributed by atoms with E-state index in [2.05, 4.69) is 0 Å². The lowest BCUT2D eigenvalue weighted by atomic mass is 10.0. The van der Waals surface area contributed by atoms with Crippen molar-refractivity contribution in [2.45, 2.75) is 0 Å². The minimum absolute atomic E-state index is 0.108. The van der Waals surface area contributed by atoms with Crippen LogP contribution in [0.1, 0.15) is 11.1 Å². The lowest BCUT2D eigenvalue weighted by Crippen LogP contribution is -1.99. The van der Waals surface area contributed by atoms with E-state index in [4.69, 9.17) is 14.2 Å². The number of para-hydroxylation sites is 1. The summed E-state index contributed by atoms with van der Waals surface area (Å²) in [4.78, 5) is 10.9. The minimum Gasteiger partial charge on any atom is -0.496 e. The summed E-state index contributed by atoms with van der Waals surface area (Å²) in [5.74, 6) is 1.06. The third-order valence-electron chi connectivity index (χ3n) is 3.55. The molecule has 0 aromatic heterocycles. The van der Waals surface area contributed by atoms with Crippen molar-refractivity contribution < 1.29 is 19.1 Å². The van der Waals surface area contributed by atoms with Crippen molar-refractivity contribution in [3.8, 4) is 23.3 Å². The molecule has 0 saturated carbocycles. The maximum absolute atomic E-state index is 11.4. The summed E-state index contributed by atoms with van der Waals surface area (Å²) in [5, 5.41) is 21.0. The van der Waals surface area contributed by atoms with Crippen LogP contribution in [0.15, 0.2) is 36.4 Å². The molecule has 0 amide bonds. The van der Waals surface area contributed by atoms with Gasteiger partial charge in [-0.3, -0.25) is 10.1 Å². The molecule has 7 nitrogen and oxygen atoms in total. The molecule has 0 N–H and O–H groups in total. The number of nitro groups is 1. The average molecular weight is 340 g/mol. The largest absolute Gasteiger partial charge is 0.496 e. The lowest BCUT2D eigenvalue weighted by molar-refractivity contribution is -0.385. The van der Waals surface area contributed by atoms with Crippen molar-refractivity contribution in [3.63, 3.8) is 0 Å². The van der Waals surface area contributed by atoms with Crippen molar-refractivity contribution in [2.24, 2.45) is 0 Å². The van der Waals surface area contributed by atoms with Gasteiger partial charge in [0.05, 0.1) is 43.5 Å². The van der Waals surface area contributed by atoms with E-state index in [0.717, 1.165) is 0 Å². The molecule has 2 aromatic carbocycles. The predicted molar refractivity (Wildman–Crippen MR) is 92.7 cm³/mol. The van der Waals surface area contributed by atoms with Crippen molar-refractivity contribution in [3.05, 3.63) is 57.6 Å². The Morgan fingerprint density at radius 2 is 1.68 bits per heavy atom. The zero-order valence-electron chi connectivity index (χ0n) is 14.0. The average Bonchev–Trinajstić information content (AvgIpc) is 2.65. The topological polar surface area (TPSA) is 94.6 Å². The first-order chi connectivity index (χ1) is 12.0. The SMILES string of the molecule is COc1ccccc1/C=C(/C#N)c1cc(OC)c(OC)cc1[N+](=O)[O-]. The minimum atomic E-state index is -0.565. The molecule has 0 spiro atoms. The van der Waals surface area contributed by atoms with Gasteiger partial charge in [-0.1, -0.05) is 18.2 Å². The van der Waals surface area contributed by atoms with Crippen LogP contribution in [0.3, 0.4) is 0 Å². The maximum Gasteiger partial charge on any atom is 0.281 e. The summed E-state index contributed by atoms with van der Waals surface area (Å²) in [5.41, 5.74) is 0.624. The Hall–Kier alpha value is -3.53. The number of hydrogen-bond donors (Lipinski definition) is 0. The fourth-order valence-electron chi connectivity index (χ4n) is 2.35. The highest BCUT2D eigenvalue weighted by Gasteiger charge is 2.22. The Morgan fingerprint density at radius 3 is 2.24 bits per heavy atom. The Kier molecular flexibility index (Phi) is 5.58. The number of ether oxygens (including phenoxy) is 3. The first-order valence-corrected chi connectivity index (χ1v) is 7.21. The van der Waals surface area contributed by atoms with Crippen LogP contribution in [0.25, 0.3) is 11.6 Å². The van der Waals surface area contributed by atoms with Gasteiger partial charge < -0.3 is 14.2 Å². The highest BCUT2D eigenvalue weighted by atomic mass is 16.6. The normalized spacial score (nSPS) is 10.7. The fourth-order valence-corrected chi connectivity index (χ4v) is 2.35. The summed E-state index contributed by atoms with van der Waals surface area (Å²) in [7, 11) is 4.32. The molecule has 0 saturated heterocycles. The first-order valence-electron chi connectivity index (χ1n) is 7.21. The number of benzene rings is 2. The molecule has 0 unspecified atom stereocenters. The van der Waals surface area contributed by atoms with Crippen LogP contribution >= 0.6 is 0 Å². The summed E-state index contributed by atoms with van der Waals surface area (Å²) >= 11 is 0. The number of nitro benzene ring substituents is 1. The Bertz CT molecular complexity index is 868. The molecule has 0 aliphatic heterocycles. The summed E-state index contributed by atoms with van der Waals surface area (Å²) < 4.78 is 15.5. The molecule has 0 bridgehead atoms. The smallest absolute Gasteiger partial charge is 0.281 e. The van der Waals surface area contributed by atoms with E-state index in [9.17, 15) is 15.4 Å². The molecular formula is C18H16N2O5. The van der Waals surface area contributed by atoms with Gasteiger partial charge in [0.2, 0.25) is 0 Å². The van der Waals surface area contributed by atoms with Gasteiger partial charge in [-0.2, -0.15) is 5.26 Å². The molecule has 0 fully saturated rings. The molecule has 2 rings (SSSR count). The van der Waals surface area contributed by atoms with Crippen molar-refractivity contribution in [1.29, 1.82) is 5.26 Å². The molecule has 0 aliphatic rings. The predicted octanol–water partition coefficient (Wildman–Crippen LogP) is 3.68. The molecule has 7 heteroatoms. The number of methoxy groups -OCH3 is 3. The Morgan fingerprint density at radius 1 is 1.08 bits per heavy atom. The van der Waals surface area contributed by atoms with E-state index >= 15 is 0 Å². The van der Waals surface area contributed by atoms with Gasteiger partial charge in [0.15, 0.2) is 11.5 Å². The van der Waals surface area contributed by atoms with Crippen LogP contribution in [0.4, 0.5) is 5.69 Å². The molecular weight excluding hydrogens is 324 g/mol. The van der Waals surface area contributed by atoms with Gasteiger partial charge >= 0.3 is 0 Å². The number of hydrogen-bond acceptors (Lipinski definition) is 6. The van der Waals surface area contributed by atoms with Gasteiger partial charge in [0, 0.05) is 5.56 Å². The Labute approximate surface area is 144 Å². The quantitative estimate of drug-likeness (QED) is 0.344. The van der Waals surface area contributed by atoms with Crippen LogP contribution in [0, 0.1) is 21.4 Å². The fraction of sp³-hybridized carbons (Fsp3) is 0.167. The van der Waals surface area contributed by atoms with Crippen molar-refractivity contribution in [2.75, 3.05) is 21.3 Å². The van der Waals surface area contributed by atoms with Crippen molar-refractivity contribution in [1.82, 2.24) is 0 Å². The molecule has 0 atom stereocenters. The van der Waals surface area contributed by atoms with E-state index in [1.54, 1.807) is 24.3 Å². The second kappa shape index (κ2) is 7.84. The van der Waals surface area contributed by atoms with E-state index in [0.29, 0.717) is 17.1 Å². The van der Waals surface area contributed by atoms with E-state index < -0.39 is 4.92 Å². The molecule has 0 radical (unpaired) electrons. The van der Waals surface area contributed by atoms with Crippen LogP contribution in [-0.2, 0) is 0 Å². The van der Waals surface area contributed by atoms with Gasteiger partial charge in [-0.15, -0.1) is 0 Å². The zero-order chi connectivity index (χ0) is 18.4. The molecule has 0 aliphatic carbocycles. The number of rotatable bonds is 6. The summed E-state index contributed by atoms with van der Waals surface area (Å²) in [6.45, 7) is 0. The molecule has 25 heavy (non-hydrogen) atoms. The standard InChI is InChI=1S/C18H16N2O5/c1-23-16-7-5-4-6-12(16)8-13(11-19)14-9-17(24-2)18(25-3)10-15(14)20(21)22/h4-10H,1-3H3/b13-8-. The lowest BCUT2D eigenvalue weighted by Gasteiger charge is -2.10. The third kappa shape index (κ3) is 3.70. The van der Waals surface area contributed by atoms with Gasteiger partial charge in [-0.05, 0) is 18.2 Å². The number of nitriles is 1. The molecule has 0 heterocycles. The first kappa shape index (κ1) is 17.8. The van der Waals surface area contributed by atoms with Gasteiger partial charge in [0.25, 0.3) is 5.69 Å². The molecule has 128 valence electrons. The van der Waals surface area contributed by atoms with Crippen LogP contribution in [-0.4, -0.2) is 26.3 Å². The number of nitrogens with zero attached hydrogens (tertiary/aromatic N) is 2. The van der Waals surface area contributed by atoms with Crippen LogP contribution in [0.5, 0.6) is 17.2 Å². The highest BCUT2D eigenvalue weighted by molar-refractivity contribution is 5.94. The van der Waals surface area contributed by atoms with Gasteiger partial charge in [0.1, 0.15) is 11.8 Å². The highest BCUT2D eigenvalue weighted by Crippen LogP contribution is 2.38. The Balaban J connectivity index is 2.70. The van der Waals surface area contributed by atoms with Gasteiger partial charge in [-0.25, -0.2) is 0 Å². The maximum atomic E-state index is 11.4. The van der Waals surface area contributed by atoms with E-state index in [1.165, 1.54) is 39.5 Å². The van der Waals surface area contributed by atoms with Crippen molar-refractivity contribution >= 4 is 17.3 Å². The van der Waals surface area contributed by atoms with E-state index in [-0.39, 0.29) is 22.6 Å². The third-order valence-corrected chi connectivity index (χ3v) is 3.55. The second-order valence-electron chi connectivity index (χ2n) is 4.89.